The molecule has 0 aliphatic carbocycles. The Hall–Kier alpha value is -3.16. The molecule has 1 amide bonds. The fraction of sp³-hybridized carbons (Fsp3) is 0.316. The second-order valence-electron chi connectivity index (χ2n) is 6.57. The zero-order chi connectivity index (χ0) is 19.0. The number of nitrogens with zero attached hydrogens (tertiary/aromatic N) is 4. The molecular formula is C19H20FN5O2. The molecule has 7 nitrogen and oxygen atoms in total. The molecule has 1 unspecified atom stereocenters. The van der Waals surface area contributed by atoms with Crippen molar-refractivity contribution in [3.05, 3.63) is 53.6 Å². The van der Waals surface area contributed by atoms with E-state index in [1.165, 1.54) is 12.1 Å². The predicted octanol–water partition coefficient (Wildman–Crippen LogP) is 2.12. The number of fused-ring (bicyclic) bond motifs is 2. The van der Waals surface area contributed by atoms with Crippen molar-refractivity contribution in [3.8, 4) is 5.75 Å². The summed E-state index contributed by atoms with van der Waals surface area (Å²) in [5.74, 6) is 0.838. The van der Waals surface area contributed by atoms with Crippen LogP contribution in [0.15, 0.2) is 36.7 Å². The number of aromatic nitrogens is 3. The van der Waals surface area contributed by atoms with Crippen LogP contribution in [0, 0.1) is 5.82 Å². The van der Waals surface area contributed by atoms with Crippen LogP contribution >= 0.6 is 0 Å². The summed E-state index contributed by atoms with van der Waals surface area (Å²) < 4.78 is 21.3. The summed E-state index contributed by atoms with van der Waals surface area (Å²) in [6.45, 7) is 2.63. The third-order valence-electron chi connectivity index (χ3n) is 4.82. The Morgan fingerprint density at radius 2 is 2.19 bits per heavy atom. The molecule has 1 aliphatic rings. The van der Waals surface area contributed by atoms with Gasteiger partial charge in [-0.05, 0) is 31.2 Å². The Bertz CT molecular complexity index is 1000. The van der Waals surface area contributed by atoms with Gasteiger partial charge in [0.2, 0.25) is 5.91 Å². The van der Waals surface area contributed by atoms with Crippen molar-refractivity contribution in [2.24, 2.45) is 0 Å². The summed E-state index contributed by atoms with van der Waals surface area (Å²) in [5, 5.41) is 7.08. The predicted molar refractivity (Wildman–Crippen MR) is 98.4 cm³/mol. The topological polar surface area (TPSA) is 71.8 Å². The van der Waals surface area contributed by atoms with Crippen molar-refractivity contribution >= 4 is 17.4 Å². The molecule has 2 bridgehead atoms. The lowest BCUT2D eigenvalue weighted by Crippen LogP contribution is -2.30. The second kappa shape index (κ2) is 6.86. The Morgan fingerprint density at radius 1 is 1.33 bits per heavy atom. The fourth-order valence-corrected chi connectivity index (χ4v) is 3.20. The minimum atomic E-state index is -0.325. The van der Waals surface area contributed by atoms with Crippen LogP contribution in [0.5, 0.6) is 5.75 Å². The van der Waals surface area contributed by atoms with E-state index in [2.05, 4.69) is 15.4 Å². The average Bonchev–Trinajstić information content (AvgIpc) is 3.06. The van der Waals surface area contributed by atoms with E-state index in [0.717, 1.165) is 11.1 Å². The van der Waals surface area contributed by atoms with Crippen LogP contribution in [0.1, 0.15) is 24.1 Å². The first-order valence-electron chi connectivity index (χ1n) is 8.78. The van der Waals surface area contributed by atoms with Crippen LogP contribution < -0.4 is 15.0 Å². The standard InChI is InChI=1S/C19H20FN5O2/c1-12-15-10-14(20)3-4-16(15)27-8-6-21-18(26)9-13-11-22-25-7-5-17(24(12)2)23-19(13)25/h3-5,7,10-12H,6,8-9H2,1-2H3,(H,21,26). The highest BCUT2D eigenvalue weighted by atomic mass is 19.1. The van der Waals surface area contributed by atoms with Crippen LogP contribution in [0.3, 0.4) is 0 Å². The SMILES string of the molecule is CC1c2cc(F)ccc2OCCNC(=O)Cc2cnn3ccc(nc23)N1C. The highest BCUT2D eigenvalue weighted by Crippen LogP contribution is 2.32. The number of nitrogens with one attached hydrogen (secondary N) is 1. The van der Waals surface area contributed by atoms with Gasteiger partial charge in [-0.15, -0.1) is 0 Å². The maximum absolute atomic E-state index is 13.9. The molecule has 4 rings (SSSR count). The summed E-state index contributed by atoms with van der Waals surface area (Å²) in [6.07, 6.45) is 3.65. The minimum Gasteiger partial charge on any atom is -0.491 e. The molecule has 0 radical (unpaired) electrons. The van der Waals surface area contributed by atoms with E-state index in [1.54, 1.807) is 23.0 Å². The van der Waals surface area contributed by atoms with Gasteiger partial charge in [0.15, 0.2) is 5.65 Å². The minimum absolute atomic E-state index is 0.126. The molecule has 2 aromatic heterocycles. The van der Waals surface area contributed by atoms with Crippen LogP contribution in [0.25, 0.3) is 5.65 Å². The molecular weight excluding hydrogens is 349 g/mol. The summed E-state index contributed by atoms with van der Waals surface area (Å²) in [5.41, 5.74) is 2.10. The molecule has 1 aromatic carbocycles. The molecule has 1 N–H and O–H groups in total. The summed E-state index contributed by atoms with van der Waals surface area (Å²) >= 11 is 0. The maximum atomic E-state index is 13.9. The number of ether oxygens (including phenoxy) is 1. The summed E-state index contributed by atoms with van der Waals surface area (Å²) in [4.78, 5) is 18.8. The van der Waals surface area contributed by atoms with Crippen LogP contribution in [-0.4, -0.2) is 40.7 Å². The van der Waals surface area contributed by atoms with E-state index in [4.69, 9.17) is 4.74 Å². The van der Waals surface area contributed by atoms with Gasteiger partial charge in [0.05, 0.1) is 25.2 Å². The van der Waals surface area contributed by atoms with Gasteiger partial charge in [0, 0.05) is 24.4 Å². The number of hydrogen-bond acceptors (Lipinski definition) is 5. The molecule has 0 saturated carbocycles. The van der Waals surface area contributed by atoms with Gasteiger partial charge < -0.3 is 15.0 Å². The number of carbonyl (C=O) groups is 1. The van der Waals surface area contributed by atoms with Crippen LogP contribution in [-0.2, 0) is 11.2 Å². The zero-order valence-electron chi connectivity index (χ0n) is 15.1. The first-order chi connectivity index (χ1) is 13.0. The molecule has 0 fully saturated rings. The molecule has 140 valence electrons. The van der Waals surface area contributed by atoms with E-state index in [-0.39, 0.29) is 24.2 Å². The van der Waals surface area contributed by atoms with Gasteiger partial charge >= 0.3 is 0 Å². The molecule has 27 heavy (non-hydrogen) atoms. The van der Waals surface area contributed by atoms with E-state index >= 15 is 0 Å². The Balaban J connectivity index is 1.81. The smallest absolute Gasteiger partial charge is 0.224 e. The number of rotatable bonds is 0. The first kappa shape index (κ1) is 17.3. The molecule has 1 atom stereocenters. The lowest BCUT2D eigenvalue weighted by atomic mass is 10.1. The number of benzene rings is 1. The van der Waals surface area contributed by atoms with Gasteiger partial charge in [0.25, 0.3) is 0 Å². The first-order valence-corrected chi connectivity index (χ1v) is 8.78. The van der Waals surface area contributed by atoms with E-state index in [0.29, 0.717) is 30.4 Å². The second-order valence-corrected chi connectivity index (χ2v) is 6.57. The number of anilines is 1. The van der Waals surface area contributed by atoms with Crippen molar-refractivity contribution in [2.75, 3.05) is 25.1 Å². The third-order valence-corrected chi connectivity index (χ3v) is 4.82. The Labute approximate surface area is 155 Å². The van der Waals surface area contributed by atoms with Crippen LogP contribution in [0.4, 0.5) is 10.2 Å². The van der Waals surface area contributed by atoms with Crippen molar-refractivity contribution in [2.45, 2.75) is 19.4 Å². The summed E-state index contributed by atoms with van der Waals surface area (Å²) in [6, 6.07) is 6.13. The van der Waals surface area contributed by atoms with Gasteiger partial charge in [-0.3, -0.25) is 4.79 Å². The van der Waals surface area contributed by atoms with Gasteiger partial charge in [-0.2, -0.15) is 5.10 Å². The number of hydrogen-bond donors (Lipinski definition) is 1. The fourth-order valence-electron chi connectivity index (χ4n) is 3.20. The van der Waals surface area contributed by atoms with Crippen LogP contribution in [0.2, 0.25) is 0 Å². The average molecular weight is 369 g/mol. The van der Waals surface area contributed by atoms with E-state index in [9.17, 15) is 9.18 Å². The molecule has 0 spiro atoms. The summed E-state index contributed by atoms with van der Waals surface area (Å²) in [7, 11) is 1.90. The number of carbonyl (C=O) groups excluding carboxylic acids is 1. The normalized spacial score (nSPS) is 18.0. The number of amides is 1. The molecule has 3 heterocycles. The lowest BCUT2D eigenvalue weighted by Gasteiger charge is -2.28. The Morgan fingerprint density at radius 3 is 3.04 bits per heavy atom. The molecule has 8 heteroatoms. The van der Waals surface area contributed by atoms with Crippen molar-refractivity contribution in [3.63, 3.8) is 0 Å². The zero-order valence-corrected chi connectivity index (χ0v) is 15.1. The molecule has 3 aromatic rings. The Kier molecular flexibility index (Phi) is 4.39. The largest absolute Gasteiger partial charge is 0.491 e. The molecule has 1 aliphatic heterocycles. The van der Waals surface area contributed by atoms with Gasteiger partial charge in [-0.1, -0.05) is 0 Å². The highest BCUT2D eigenvalue weighted by Gasteiger charge is 2.20. The highest BCUT2D eigenvalue weighted by molar-refractivity contribution is 5.80. The lowest BCUT2D eigenvalue weighted by molar-refractivity contribution is -0.120. The van der Waals surface area contributed by atoms with Gasteiger partial charge in [-0.25, -0.2) is 13.9 Å². The third kappa shape index (κ3) is 3.30. The van der Waals surface area contributed by atoms with Crippen molar-refractivity contribution < 1.29 is 13.9 Å². The number of halogens is 1. The van der Waals surface area contributed by atoms with E-state index < -0.39 is 0 Å². The van der Waals surface area contributed by atoms with Crippen molar-refractivity contribution in [1.82, 2.24) is 19.9 Å². The maximum Gasteiger partial charge on any atom is 0.224 e. The van der Waals surface area contributed by atoms with Gasteiger partial charge in [0.1, 0.15) is 24.0 Å². The monoisotopic (exact) mass is 369 g/mol. The van der Waals surface area contributed by atoms with Crippen molar-refractivity contribution in [1.29, 1.82) is 0 Å². The quantitative estimate of drug-likeness (QED) is 0.657. The molecule has 0 saturated heterocycles. The van der Waals surface area contributed by atoms with E-state index in [1.807, 2.05) is 24.9 Å².